The minimum absolute atomic E-state index is 0. The van der Waals surface area contributed by atoms with Crippen molar-refractivity contribution in [3.8, 4) is 0 Å². The molecule has 0 aliphatic carbocycles. The summed E-state index contributed by atoms with van der Waals surface area (Å²) in [5.74, 6) is 0. The van der Waals surface area contributed by atoms with E-state index in [0.29, 0.717) is 12.1 Å². The predicted octanol–water partition coefficient (Wildman–Crippen LogP) is -3.30. The van der Waals surface area contributed by atoms with Crippen LogP contribution < -0.4 is 42.5 Å². The molecule has 4 rings (SSSR count). The molecule has 0 radical (unpaired) electrons. The maximum atomic E-state index is 3.88. The first kappa shape index (κ1) is 35.0. The molecule has 1 heterocycles. The second kappa shape index (κ2) is 18.3. The molecule has 0 bridgehead atoms. The summed E-state index contributed by atoms with van der Waals surface area (Å²) in [6.45, 7) is 3.07. The Morgan fingerprint density at radius 2 is 1.22 bits per heavy atom. The summed E-state index contributed by atoms with van der Waals surface area (Å²) >= 11 is 0. The van der Waals surface area contributed by atoms with Gasteiger partial charge in [0.25, 0.3) is 0 Å². The second-order valence-corrected chi connectivity index (χ2v) is 8.89. The number of hydrogen-bond acceptors (Lipinski definition) is 3. The molecular formula is C29H36Cl3N3Ti. The third kappa shape index (κ3) is 9.70. The molecule has 2 atom stereocenters. The summed E-state index contributed by atoms with van der Waals surface area (Å²) < 4.78 is 0. The van der Waals surface area contributed by atoms with E-state index in [0.717, 1.165) is 38.9 Å². The van der Waals surface area contributed by atoms with Crippen molar-refractivity contribution in [3.05, 3.63) is 114 Å². The Bertz CT molecular complexity index is 934. The fourth-order valence-corrected chi connectivity index (χ4v) is 4.88. The van der Waals surface area contributed by atoms with Gasteiger partial charge in [-0.2, -0.15) is 17.7 Å². The van der Waals surface area contributed by atoms with Gasteiger partial charge in [-0.25, -0.2) is 0 Å². The van der Waals surface area contributed by atoms with Crippen LogP contribution in [0.15, 0.2) is 91.0 Å². The molecule has 0 spiro atoms. The quantitative estimate of drug-likeness (QED) is 0.259. The molecule has 1 aliphatic rings. The first-order chi connectivity index (χ1) is 15.7. The van der Waals surface area contributed by atoms with Crippen LogP contribution in [0, 0.1) is 6.04 Å². The van der Waals surface area contributed by atoms with Crippen molar-refractivity contribution in [1.82, 2.24) is 15.1 Å². The molecule has 1 fully saturated rings. The Balaban J connectivity index is 0.00000306. The zero-order valence-electron chi connectivity index (χ0n) is 21.1. The van der Waals surface area contributed by atoms with Crippen LogP contribution in [0.3, 0.4) is 0 Å². The summed E-state index contributed by atoms with van der Waals surface area (Å²) in [6, 6.07) is 35.0. The fourth-order valence-electron chi connectivity index (χ4n) is 4.88. The summed E-state index contributed by atoms with van der Waals surface area (Å²) in [5.41, 5.74) is 4.12. The van der Waals surface area contributed by atoms with Gasteiger partial charge in [0.15, 0.2) is 0 Å². The zero-order chi connectivity index (χ0) is 22.2. The van der Waals surface area contributed by atoms with Crippen molar-refractivity contribution in [2.45, 2.75) is 31.3 Å². The molecule has 0 amide bonds. The maximum absolute atomic E-state index is 3.88. The van der Waals surface area contributed by atoms with Gasteiger partial charge < -0.3 is 47.4 Å². The van der Waals surface area contributed by atoms with Gasteiger partial charge in [-0.15, -0.1) is 18.2 Å². The smallest absolute Gasteiger partial charge is 1.00 e. The van der Waals surface area contributed by atoms with E-state index in [1.807, 2.05) is 0 Å². The van der Waals surface area contributed by atoms with Crippen LogP contribution in [0.5, 0.6) is 0 Å². The molecule has 0 saturated carbocycles. The molecule has 2 unspecified atom stereocenters. The minimum atomic E-state index is 0. The molecular weight excluding hydrogens is 545 g/mol. The third-order valence-corrected chi connectivity index (χ3v) is 6.75. The summed E-state index contributed by atoms with van der Waals surface area (Å²) in [7, 11) is 4.54. The van der Waals surface area contributed by atoms with Crippen molar-refractivity contribution in [3.63, 3.8) is 0 Å². The Hall–Kier alpha value is -1.01. The van der Waals surface area contributed by atoms with Crippen molar-refractivity contribution >= 4 is 0 Å². The number of halogens is 3. The molecule has 1 aliphatic heterocycles. The van der Waals surface area contributed by atoms with E-state index in [9.17, 15) is 0 Å². The average molecular weight is 581 g/mol. The SMILES string of the molecule is CN1CCC(c2ccccc2)N(C)CCC(c2ccccc2)NCC[C-]1c1ccccc1.[Cl-].[Cl-].[Cl-].[Ti+4]. The predicted molar refractivity (Wildman–Crippen MR) is 134 cm³/mol. The van der Waals surface area contributed by atoms with Crippen LogP contribution in [0.4, 0.5) is 0 Å². The van der Waals surface area contributed by atoms with Crippen molar-refractivity contribution in [2.75, 3.05) is 33.7 Å². The van der Waals surface area contributed by atoms with E-state index in [1.165, 1.54) is 22.7 Å². The molecule has 3 aromatic rings. The summed E-state index contributed by atoms with van der Waals surface area (Å²) in [6.07, 6.45) is 3.23. The summed E-state index contributed by atoms with van der Waals surface area (Å²) in [5, 5.41) is 3.88. The van der Waals surface area contributed by atoms with Crippen molar-refractivity contribution in [1.29, 1.82) is 0 Å². The largest absolute Gasteiger partial charge is 4.00 e. The summed E-state index contributed by atoms with van der Waals surface area (Å²) in [4.78, 5) is 5.02. The van der Waals surface area contributed by atoms with Gasteiger partial charge in [-0.05, 0) is 51.2 Å². The Morgan fingerprint density at radius 1 is 0.694 bits per heavy atom. The fraction of sp³-hybridized carbons (Fsp3) is 0.345. The standard InChI is InChI=1S/C29H36N3.3ClH.Ti/c1-31-22-19-27(24-12-6-3-7-13-24)30-21-18-28(25-14-8-4-9-15-25)32(2)23-20-29(31)26-16-10-5-11-17-26;;;;/h3-17,27,29-30H,18-23H2,1-2H3;3*1H;/q-1;;;;+4/p-3. The van der Waals surface area contributed by atoms with E-state index in [-0.39, 0.29) is 58.9 Å². The Kier molecular flexibility index (Phi) is 17.8. The number of hydrogen-bond donors (Lipinski definition) is 1. The van der Waals surface area contributed by atoms with Gasteiger partial charge >= 0.3 is 21.7 Å². The molecule has 1 N–H and O–H groups in total. The number of rotatable bonds is 3. The van der Waals surface area contributed by atoms with Crippen LogP contribution >= 0.6 is 0 Å². The monoisotopic (exact) mass is 579 g/mol. The molecule has 7 heteroatoms. The third-order valence-electron chi connectivity index (χ3n) is 6.75. The molecule has 0 aromatic heterocycles. The second-order valence-electron chi connectivity index (χ2n) is 8.89. The molecule has 192 valence electrons. The van der Waals surface area contributed by atoms with Crippen LogP contribution in [-0.2, 0) is 21.7 Å². The molecule has 36 heavy (non-hydrogen) atoms. The van der Waals surface area contributed by atoms with E-state index in [1.54, 1.807) is 0 Å². The van der Waals surface area contributed by atoms with Crippen molar-refractivity contribution < 1.29 is 58.9 Å². The van der Waals surface area contributed by atoms with E-state index in [2.05, 4.69) is 120 Å². The normalized spacial score (nSPS) is 19.7. The number of benzene rings is 3. The van der Waals surface area contributed by atoms with Gasteiger partial charge in [0.2, 0.25) is 0 Å². The molecule has 1 saturated heterocycles. The van der Waals surface area contributed by atoms with E-state index >= 15 is 0 Å². The van der Waals surface area contributed by atoms with Gasteiger partial charge in [-0.3, -0.25) is 4.90 Å². The van der Waals surface area contributed by atoms with Gasteiger partial charge in [0.1, 0.15) is 0 Å². The first-order valence-electron chi connectivity index (χ1n) is 11.9. The number of nitrogens with zero attached hydrogens (tertiary/aromatic N) is 2. The van der Waals surface area contributed by atoms with Gasteiger partial charge in [0, 0.05) is 18.6 Å². The van der Waals surface area contributed by atoms with Crippen LogP contribution in [0.1, 0.15) is 48.0 Å². The topological polar surface area (TPSA) is 18.5 Å². The van der Waals surface area contributed by atoms with E-state index < -0.39 is 0 Å². The van der Waals surface area contributed by atoms with Crippen molar-refractivity contribution in [2.24, 2.45) is 0 Å². The van der Waals surface area contributed by atoms with Crippen LogP contribution in [0.2, 0.25) is 0 Å². The van der Waals surface area contributed by atoms with Gasteiger partial charge in [0.05, 0.1) is 0 Å². The van der Waals surface area contributed by atoms with Crippen LogP contribution in [-0.4, -0.2) is 43.5 Å². The average Bonchev–Trinajstić information content (AvgIpc) is 2.84. The molecule has 3 aromatic carbocycles. The first-order valence-corrected chi connectivity index (χ1v) is 11.9. The maximum Gasteiger partial charge on any atom is 4.00 e. The Labute approximate surface area is 251 Å². The molecule has 3 nitrogen and oxygen atoms in total. The van der Waals surface area contributed by atoms with Crippen LogP contribution in [0.25, 0.3) is 0 Å². The Morgan fingerprint density at radius 3 is 1.81 bits per heavy atom. The minimum Gasteiger partial charge on any atom is -1.00 e. The van der Waals surface area contributed by atoms with E-state index in [4.69, 9.17) is 0 Å². The zero-order valence-corrected chi connectivity index (χ0v) is 24.9. The number of nitrogens with one attached hydrogen (secondary N) is 1. The van der Waals surface area contributed by atoms with Gasteiger partial charge in [-0.1, -0.05) is 73.2 Å².